The molecule has 6 heteroatoms. The summed E-state index contributed by atoms with van der Waals surface area (Å²) in [7, 11) is -2.96. The molecule has 5 nitrogen and oxygen atoms in total. The van der Waals surface area contributed by atoms with Gasteiger partial charge in [-0.2, -0.15) is 0 Å². The summed E-state index contributed by atoms with van der Waals surface area (Å²) in [6.45, 7) is 0. The summed E-state index contributed by atoms with van der Waals surface area (Å²) < 4.78 is 25.4. The minimum atomic E-state index is -2.96. The van der Waals surface area contributed by atoms with E-state index in [0.717, 1.165) is 18.4 Å². The van der Waals surface area contributed by atoms with Gasteiger partial charge in [-0.1, -0.05) is 0 Å². The second-order valence-electron chi connectivity index (χ2n) is 4.88. The summed E-state index contributed by atoms with van der Waals surface area (Å²) in [5.41, 5.74) is 1.83. The number of hydrogen-bond acceptors (Lipinski definition) is 4. The zero-order valence-corrected chi connectivity index (χ0v) is 11.1. The normalized spacial score (nSPS) is 21.8. The third-order valence-electron chi connectivity index (χ3n) is 3.59. The molecular weight excluding hydrogens is 264 g/mol. The Labute approximate surface area is 111 Å². The predicted octanol–water partition coefficient (Wildman–Crippen LogP) is 1.27. The molecule has 19 heavy (non-hydrogen) atoms. The molecule has 3 heterocycles. The molecule has 100 valence electrons. The number of sulfone groups is 1. The molecule has 1 saturated heterocycles. The van der Waals surface area contributed by atoms with Gasteiger partial charge in [-0.05, 0) is 25.0 Å². The van der Waals surface area contributed by atoms with Crippen LogP contribution in [-0.2, 0) is 16.3 Å². The molecule has 1 aliphatic rings. The van der Waals surface area contributed by atoms with Gasteiger partial charge in [0.15, 0.2) is 16.1 Å². The first kappa shape index (κ1) is 12.3. The van der Waals surface area contributed by atoms with Crippen LogP contribution in [0.4, 0.5) is 0 Å². The Morgan fingerprint density at radius 1 is 1.47 bits per heavy atom. The zero-order valence-electron chi connectivity index (χ0n) is 10.3. The molecule has 0 aliphatic carbocycles. The van der Waals surface area contributed by atoms with Crippen molar-refractivity contribution in [3.8, 4) is 0 Å². The molecule has 1 fully saturated rings. The van der Waals surface area contributed by atoms with Crippen molar-refractivity contribution in [2.75, 3.05) is 5.75 Å². The van der Waals surface area contributed by atoms with Crippen LogP contribution < -0.4 is 0 Å². The highest BCUT2D eigenvalue weighted by molar-refractivity contribution is 7.92. The van der Waals surface area contributed by atoms with Gasteiger partial charge >= 0.3 is 0 Å². The highest BCUT2D eigenvalue weighted by Gasteiger charge is 2.31. The quantitative estimate of drug-likeness (QED) is 0.793. The van der Waals surface area contributed by atoms with Crippen LogP contribution in [0.25, 0.3) is 5.65 Å². The maximum atomic E-state index is 11.8. The Morgan fingerprint density at radius 3 is 3.00 bits per heavy atom. The number of hydrogen-bond donors (Lipinski definition) is 0. The fourth-order valence-corrected chi connectivity index (χ4v) is 4.45. The number of pyridine rings is 1. The summed E-state index contributed by atoms with van der Waals surface area (Å²) >= 11 is 0. The van der Waals surface area contributed by atoms with Crippen LogP contribution in [0, 0.1) is 0 Å². The van der Waals surface area contributed by atoms with Gasteiger partial charge in [-0.25, -0.2) is 13.4 Å². The number of aromatic nitrogens is 2. The van der Waals surface area contributed by atoms with Crippen molar-refractivity contribution >= 4 is 21.8 Å². The van der Waals surface area contributed by atoms with Gasteiger partial charge < -0.3 is 4.40 Å². The summed E-state index contributed by atoms with van der Waals surface area (Å²) in [6.07, 6.45) is 6.25. The molecule has 3 rings (SSSR count). The van der Waals surface area contributed by atoms with Crippen LogP contribution in [0.5, 0.6) is 0 Å². The average molecular weight is 278 g/mol. The predicted molar refractivity (Wildman–Crippen MR) is 71.1 cm³/mol. The van der Waals surface area contributed by atoms with E-state index in [4.69, 9.17) is 0 Å². The fourth-order valence-electron chi connectivity index (χ4n) is 2.60. The first-order valence-electron chi connectivity index (χ1n) is 6.23. The van der Waals surface area contributed by atoms with Crippen molar-refractivity contribution in [3.05, 3.63) is 35.8 Å². The molecule has 0 bridgehead atoms. The summed E-state index contributed by atoms with van der Waals surface area (Å²) in [6, 6.07) is 3.47. The Kier molecular flexibility index (Phi) is 2.89. The first-order chi connectivity index (χ1) is 9.10. The molecule has 0 spiro atoms. The van der Waals surface area contributed by atoms with E-state index >= 15 is 0 Å². The smallest absolute Gasteiger partial charge is 0.153 e. The van der Waals surface area contributed by atoms with Crippen LogP contribution in [0.2, 0.25) is 0 Å². The van der Waals surface area contributed by atoms with Crippen LogP contribution in [0.1, 0.15) is 28.9 Å². The Bertz CT molecular complexity index is 733. The van der Waals surface area contributed by atoms with E-state index in [1.807, 2.05) is 6.20 Å². The summed E-state index contributed by atoms with van der Waals surface area (Å²) in [5, 5.41) is -0.322. The highest BCUT2D eigenvalue weighted by atomic mass is 32.2. The largest absolute Gasteiger partial charge is 0.306 e. The Balaban J connectivity index is 1.96. The lowest BCUT2D eigenvalue weighted by molar-refractivity contribution is 0.112. The van der Waals surface area contributed by atoms with Gasteiger partial charge in [-0.3, -0.25) is 4.79 Å². The number of nitrogens with zero attached hydrogens (tertiary/aromatic N) is 2. The minimum Gasteiger partial charge on any atom is -0.306 e. The second kappa shape index (κ2) is 4.45. The van der Waals surface area contributed by atoms with Gasteiger partial charge in [0.1, 0.15) is 5.65 Å². The van der Waals surface area contributed by atoms with E-state index in [1.54, 1.807) is 22.7 Å². The van der Waals surface area contributed by atoms with Crippen molar-refractivity contribution in [2.45, 2.75) is 24.5 Å². The van der Waals surface area contributed by atoms with Crippen molar-refractivity contribution in [1.82, 2.24) is 9.38 Å². The van der Waals surface area contributed by atoms with E-state index in [1.165, 1.54) is 0 Å². The number of carbonyl (C=O) groups excluding carboxylic acids is 1. The van der Waals surface area contributed by atoms with Crippen molar-refractivity contribution in [2.24, 2.45) is 0 Å². The van der Waals surface area contributed by atoms with Crippen molar-refractivity contribution in [3.63, 3.8) is 0 Å². The summed E-state index contributed by atoms with van der Waals surface area (Å²) in [4.78, 5) is 15.3. The Hall–Kier alpha value is -1.69. The number of carbonyl (C=O) groups is 1. The molecule has 0 saturated carbocycles. The Morgan fingerprint density at radius 2 is 2.32 bits per heavy atom. The number of imidazole rings is 1. The molecule has 0 radical (unpaired) electrons. The fraction of sp³-hybridized carbons (Fsp3) is 0.385. The standard InChI is InChI=1S/C13H14N2O3S/c16-9-10-3-1-5-15-8-11(14-13(10)15)7-12-4-2-6-19(12,17)18/h1,3,5,8-9,12H,2,4,6-7H2. The van der Waals surface area contributed by atoms with Gasteiger partial charge in [0.05, 0.1) is 22.3 Å². The van der Waals surface area contributed by atoms with Crippen molar-refractivity contribution in [1.29, 1.82) is 0 Å². The van der Waals surface area contributed by atoms with Crippen molar-refractivity contribution < 1.29 is 13.2 Å². The average Bonchev–Trinajstić information content (AvgIpc) is 2.92. The van der Waals surface area contributed by atoms with Crippen LogP contribution in [0.15, 0.2) is 24.5 Å². The molecule has 0 amide bonds. The third kappa shape index (κ3) is 2.16. The number of rotatable bonds is 3. The third-order valence-corrected chi connectivity index (χ3v) is 5.87. The van der Waals surface area contributed by atoms with Crippen LogP contribution in [-0.4, -0.2) is 35.1 Å². The number of aldehydes is 1. The molecule has 2 aromatic rings. The molecule has 0 aromatic carbocycles. The number of fused-ring (bicyclic) bond motifs is 1. The lowest BCUT2D eigenvalue weighted by atomic mass is 10.2. The zero-order chi connectivity index (χ0) is 13.5. The van der Waals surface area contributed by atoms with E-state index in [9.17, 15) is 13.2 Å². The molecule has 1 unspecified atom stereocenters. The highest BCUT2D eigenvalue weighted by Crippen LogP contribution is 2.23. The van der Waals surface area contributed by atoms with Gasteiger partial charge in [-0.15, -0.1) is 0 Å². The molecule has 0 N–H and O–H groups in total. The molecular formula is C13H14N2O3S. The SMILES string of the molecule is O=Cc1cccn2cc(CC3CCCS3(=O)=O)nc12. The van der Waals surface area contributed by atoms with Gasteiger partial charge in [0, 0.05) is 18.8 Å². The van der Waals surface area contributed by atoms with Crippen LogP contribution in [0.3, 0.4) is 0 Å². The maximum absolute atomic E-state index is 11.8. The monoisotopic (exact) mass is 278 g/mol. The van der Waals surface area contributed by atoms with Gasteiger partial charge in [0.2, 0.25) is 0 Å². The van der Waals surface area contributed by atoms with E-state index in [-0.39, 0.29) is 11.0 Å². The van der Waals surface area contributed by atoms with Gasteiger partial charge in [0.25, 0.3) is 0 Å². The minimum absolute atomic E-state index is 0.282. The lowest BCUT2D eigenvalue weighted by Gasteiger charge is -2.05. The second-order valence-corrected chi connectivity index (χ2v) is 7.28. The van der Waals surface area contributed by atoms with E-state index < -0.39 is 9.84 Å². The maximum Gasteiger partial charge on any atom is 0.153 e. The van der Waals surface area contributed by atoms with E-state index in [2.05, 4.69) is 4.98 Å². The lowest BCUT2D eigenvalue weighted by Crippen LogP contribution is -2.18. The van der Waals surface area contributed by atoms with Crippen LogP contribution >= 0.6 is 0 Å². The summed E-state index contributed by atoms with van der Waals surface area (Å²) in [5.74, 6) is 0.282. The topological polar surface area (TPSA) is 68.5 Å². The van der Waals surface area contributed by atoms with E-state index in [0.29, 0.717) is 24.1 Å². The molecule has 2 aromatic heterocycles. The first-order valence-corrected chi connectivity index (χ1v) is 7.95. The molecule has 1 aliphatic heterocycles. The molecule has 1 atom stereocenters.